The highest BCUT2D eigenvalue weighted by molar-refractivity contribution is 5.24. The van der Waals surface area contributed by atoms with Gasteiger partial charge >= 0.3 is 0 Å². The highest BCUT2D eigenvalue weighted by Crippen LogP contribution is 2.40. The summed E-state index contributed by atoms with van der Waals surface area (Å²) in [5.74, 6) is -3.12. The molecule has 0 amide bonds. The van der Waals surface area contributed by atoms with Gasteiger partial charge in [-0.05, 0) is 36.5 Å². The average Bonchev–Trinajstić information content (AvgIpc) is 3.00. The molecule has 0 radical (unpaired) electrons. The number of piperazine rings is 1. The Morgan fingerprint density at radius 1 is 1.00 bits per heavy atom. The molecule has 5 heteroatoms. The lowest BCUT2D eigenvalue weighted by Gasteiger charge is -2.38. The van der Waals surface area contributed by atoms with Crippen LogP contribution >= 0.6 is 0 Å². The molecule has 1 N–H and O–H groups in total. The smallest absolute Gasteiger partial charge is 0.194 e. The zero-order chi connectivity index (χ0) is 14.8. The first-order chi connectivity index (χ1) is 10.2. The van der Waals surface area contributed by atoms with Gasteiger partial charge in [0.15, 0.2) is 17.5 Å². The lowest BCUT2D eigenvalue weighted by molar-refractivity contribution is 0.125. The van der Waals surface area contributed by atoms with Crippen LogP contribution in [0.15, 0.2) is 12.1 Å². The molecule has 0 unspecified atom stereocenters. The van der Waals surface area contributed by atoms with Crippen molar-refractivity contribution in [3.8, 4) is 0 Å². The van der Waals surface area contributed by atoms with Crippen LogP contribution in [-0.2, 0) is 0 Å². The maximum absolute atomic E-state index is 13.6. The van der Waals surface area contributed by atoms with Crippen LogP contribution in [0.2, 0.25) is 0 Å². The summed E-state index contributed by atoms with van der Waals surface area (Å²) < 4.78 is 40.4. The second-order valence-corrected chi connectivity index (χ2v) is 6.07. The number of rotatable bonds is 3. The highest BCUT2D eigenvalue weighted by Gasteiger charge is 2.32. The van der Waals surface area contributed by atoms with Gasteiger partial charge in [0.2, 0.25) is 0 Å². The maximum Gasteiger partial charge on any atom is 0.194 e. The molecule has 1 saturated heterocycles. The minimum Gasteiger partial charge on any atom is -0.314 e. The van der Waals surface area contributed by atoms with Crippen molar-refractivity contribution >= 4 is 0 Å². The first-order valence-electron chi connectivity index (χ1n) is 7.76. The van der Waals surface area contributed by atoms with E-state index in [-0.39, 0.29) is 6.04 Å². The molecule has 2 aliphatic rings. The largest absolute Gasteiger partial charge is 0.314 e. The van der Waals surface area contributed by atoms with Crippen molar-refractivity contribution in [2.75, 3.05) is 26.2 Å². The quantitative estimate of drug-likeness (QED) is 0.862. The molecule has 0 bridgehead atoms. The van der Waals surface area contributed by atoms with E-state index >= 15 is 0 Å². The molecular weight excluding hydrogens is 277 g/mol. The van der Waals surface area contributed by atoms with E-state index in [1.165, 1.54) is 25.0 Å². The molecule has 1 aliphatic carbocycles. The van der Waals surface area contributed by atoms with E-state index in [9.17, 15) is 13.2 Å². The van der Waals surface area contributed by atoms with Crippen molar-refractivity contribution in [2.45, 2.75) is 31.7 Å². The Hall–Kier alpha value is -1.07. The lowest BCUT2D eigenvalue weighted by atomic mass is 9.89. The topological polar surface area (TPSA) is 15.3 Å². The number of halogens is 3. The van der Waals surface area contributed by atoms with E-state index in [1.807, 2.05) is 0 Å². The van der Waals surface area contributed by atoms with Gasteiger partial charge in [0.1, 0.15) is 0 Å². The van der Waals surface area contributed by atoms with E-state index in [2.05, 4.69) is 10.2 Å². The summed E-state index contributed by atoms with van der Waals surface area (Å²) in [6.07, 6.45) is 4.49. The van der Waals surface area contributed by atoms with Gasteiger partial charge in [-0.25, -0.2) is 13.2 Å². The fourth-order valence-electron chi connectivity index (χ4n) is 3.76. The van der Waals surface area contributed by atoms with Crippen LogP contribution in [0.25, 0.3) is 0 Å². The molecule has 1 saturated carbocycles. The minimum absolute atomic E-state index is 0.000741. The van der Waals surface area contributed by atoms with Gasteiger partial charge in [0.05, 0.1) is 0 Å². The third-order valence-electron chi connectivity index (χ3n) is 4.74. The Morgan fingerprint density at radius 2 is 1.57 bits per heavy atom. The summed E-state index contributed by atoms with van der Waals surface area (Å²) >= 11 is 0. The van der Waals surface area contributed by atoms with Gasteiger partial charge < -0.3 is 5.32 Å². The van der Waals surface area contributed by atoms with Crippen LogP contribution in [0.5, 0.6) is 0 Å². The van der Waals surface area contributed by atoms with Gasteiger partial charge in [0.25, 0.3) is 0 Å². The van der Waals surface area contributed by atoms with E-state index in [4.69, 9.17) is 0 Å². The standard InChI is InChI=1S/C16H21F3N2/c17-13-9-12(10-14(18)15(13)19)16(11-3-1-2-4-11)21-7-5-20-6-8-21/h9-11,16,20H,1-8H2/t16-/m1/s1. The molecule has 1 heterocycles. The van der Waals surface area contributed by atoms with Crippen LogP contribution in [0.4, 0.5) is 13.2 Å². The van der Waals surface area contributed by atoms with Gasteiger partial charge in [-0.3, -0.25) is 4.90 Å². The van der Waals surface area contributed by atoms with E-state index in [1.54, 1.807) is 0 Å². The third-order valence-corrected chi connectivity index (χ3v) is 4.74. The average molecular weight is 298 g/mol. The summed E-state index contributed by atoms with van der Waals surface area (Å²) in [6, 6.07) is 2.37. The summed E-state index contributed by atoms with van der Waals surface area (Å²) in [4.78, 5) is 2.29. The minimum atomic E-state index is -1.37. The number of nitrogens with zero attached hydrogens (tertiary/aromatic N) is 1. The molecule has 2 fully saturated rings. The zero-order valence-corrected chi connectivity index (χ0v) is 12.0. The van der Waals surface area contributed by atoms with Crippen molar-refractivity contribution in [3.63, 3.8) is 0 Å². The van der Waals surface area contributed by atoms with Crippen molar-refractivity contribution in [1.82, 2.24) is 10.2 Å². The van der Waals surface area contributed by atoms with Gasteiger partial charge in [-0.1, -0.05) is 12.8 Å². The monoisotopic (exact) mass is 298 g/mol. The number of hydrogen-bond acceptors (Lipinski definition) is 2. The van der Waals surface area contributed by atoms with Crippen LogP contribution in [0, 0.1) is 23.4 Å². The Balaban J connectivity index is 1.93. The second kappa shape index (κ2) is 6.36. The van der Waals surface area contributed by atoms with Crippen LogP contribution in [0.3, 0.4) is 0 Å². The molecule has 0 aromatic heterocycles. The van der Waals surface area contributed by atoms with E-state index in [0.717, 1.165) is 39.0 Å². The molecule has 21 heavy (non-hydrogen) atoms. The Bertz CT molecular complexity index is 471. The van der Waals surface area contributed by atoms with Crippen molar-refractivity contribution in [3.05, 3.63) is 35.1 Å². The predicted octanol–water partition coefficient (Wildman–Crippen LogP) is 3.24. The Kier molecular flexibility index (Phi) is 4.50. The molecule has 1 aliphatic heterocycles. The first-order valence-corrected chi connectivity index (χ1v) is 7.76. The molecule has 3 rings (SSSR count). The van der Waals surface area contributed by atoms with Crippen molar-refractivity contribution in [1.29, 1.82) is 0 Å². The number of benzene rings is 1. The molecular formula is C16H21F3N2. The van der Waals surface area contributed by atoms with Crippen molar-refractivity contribution < 1.29 is 13.2 Å². The first kappa shape index (κ1) is 14.9. The van der Waals surface area contributed by atoms with Gasteiger partial charge in [-0.15, -0.1) is 0 Å². The van der Waals surface area contributed by atoms with Crippen LogP contribution in [0.1, 0.15) is 37.3 Å². The van der Waals surface area contributed by atoms with E-state index in [0.29, 0.717) is 11.5 Å². The lowest BCUT2D eigenvalue weighted by Crippen LogP contribution is -2.46. The third kappa shape index (κ3) is 3.09. The summed E-state index contributed by atoms with van der Waals surface area (Å²) in [6.45, 7) is 3.49. The zero-order valence-electron chi connectivity index (χ0n) is 12.0. The maximum atomic E-state index is 13.6. The number of nitrogens with one attached hydrogen (secondary N) is 1. The molecule has 1 atom stereocenters. The molecule has 2 nitrogen and oxygen atoms in total. The SMILES string of the molecule is Fc1cc([C@@H](C2CCCC2)N2CCNCC2)cc(F)c1F. The highest BCUT2D eigenvalue weighted by atomic mass is 19.2. The predicted molar refractivity (Wildman–Crippen MR) is 75.5 cm³/mol. The van der Waals surface area contributed by atoms with Gasteiger partial charge in [-0.2, -0.15) is 0 Å². The van der Waals surface area contributed by atoms with Crippen LogP contribution < -0.4 is 5.32 Å². The summed E-state index contributed by atoms with van der Waals surface area (Å²) in [5, 5.41) is 3.29. The molecule has 0 spiro atoms. The summed E-state index contributed by atoms with van der Waals surface area (Å²) in [5.41, 5.74) is 0.584. The summed E-state index contributed by atoms with van der Waals surface area (Å²) in [7, 11) is 0. The fraction of sp³-hybridized carbons (Fsp3) is 0.625. The van der Waals surface area contributed by atoms with E-state index < -0.39 is 17.5 Å². The fourth-order valence-corrected chi connectivity index (χ4v) is 3.76. The number of hydrogen-bond donors (Lipinski definition) is 1. The molecule has 1 aromatic rings. The normalized spacial score (nSPS) is 22.6. The Morgan fingerprint density at radius 3 is 2.14 bits per heavy atom. The van der Waals surface area contributed by atoms with Crippen LogP contribution in [-0.4, -0.2) is 31.1 Å². The van der Waals surface area contributed by atoms with Crippen molar-refractivity contribution in [2.24, 2.45) is 5.92 Å². The molecule has 1 aromatic carbocycles. The molecule has 116 valence electrons. The Labute approximate surface area is 123 Å². The second-order valence-electron chi connectivity index (χ2n) is 6.07. The van der Waals surface area contributed by atoms with Gasteiger partial charge in [0, 0.05) is 32.2 Å².